The average molecular weight is 227 g/mol. The predicted octanol–water partition coefficient (Wildman–Crippen LogP) is 2.13. The second-order valence-corrected chi connectivity index (χ2v) is 3.67. The molecule has 78 valence electrons. The van der Waals surface area contributed by atoms with Crippen LogP contribution >= 0.6 is 11.6 Å². The molecule has 2 rings (SSSR count). The summed E-state index contributed by atoms with van der Waals surface area (Å²) in [5.41, 5.74) is 1.17. The number of aryl methyl sites for hydroxylation is 1. The quantitative estimate of drug-likeness (QED) is 0.589. The second kappa shape index (κ2) is 3.51. The molecule has 5 nitrogen and oxygen atoms in total. The molecule has 1 aliphatic rings. The molecule has 1 N–H and O–H groups in total. The number of anilines is 1. The Morgan fingerprint density at radius 3 is 2.80 bits per heavy atom. The number of nitro groups is 1. The molecule has 15 heavy (non-hydrogen) atoms. The monoisotopic (exact) mass is 226 g/mol. The molecule has 0 radical (unpaired) electrons. The van der Waals surface area contributed by atoms with E-state index < -0.39 is 4.92 Å². The van der Waals surface area contributed by atoms with Gasteiger partial charge >= 0.3 is 0 Å². The van der Waals surface area contributed by atoms with Gasteiger partial charge in [-0.3, -0.25) is 14.9 Å². The Morgan fingerprint density at radius 1 is 1.40 bits per heavy atom. The topological polar surface area (TPSA) is 72.2 Å². The number of hydrogen-bond donors (Lipinski definition) is 1. The van der Waals surface area contributed by atoms with E-state index in [0.29, 0.717) is 24.1 Å². The van der Waals surface area contributed by atoms with Crippen LogP contribution in [0, 0.1) is 10.1 Å². The maximum absolute atomic E-state index is 11.1. The van der Waals surface area contributed by atoms with Crippen LogP contribution in [0.4, 0.5) is 11.4 Å². The number of rotatable bonds is 1. The molecule has 0 fully saturated rings. The van der Waals surface area contributed by atoms with Crippen LogP contribution in [0.25, 0.3) is 0 Å². The summed E-state index contributed by atoms with van der Waals surface area (Å²) in [6.07, 6.45) is 0.826. The highest BCUT2D eigenvalue weighted by Crippen LogP contribution is 2.34. The summed E-state index contributed by atoms with van der Waals surface area (Å²) in [5, 5.41) is 13.4. The van der Waals surface area contributed by atoms with Gasteiger partial charge in [0, 0.05) is 18.6 Å². The summed E-state index contributed by atoms with van der Waals surface area (Å²) in [7, 11) is 0. The van der Waals surface area contributed by atoms with E-state index in [1.807, 2.05) is 0 Å². The molecule has 0 spiro atoms. The number of carbonyl (C=O) groups excluding carboxylic acids is 1. The van der Waals surface area contributed by atoms with Crippen molar-refractivity contribution < 1.29 is 9.72 Å². The SMILES string of the molecule is O=C1CCc2cc([N+](=O)[O-])cc(Cl)c2N1. The Labute approximate surface area is 90.2 Å². The predicted molar refractivity (Wildman–Crippen MR) is 55.1 cm³/mol. The Morgan fingerprint density at radius 2 is 2.13 bits per heavy atom. The minimum Gasteiger partial charge on any atom is -0.325 e. The van der Waals surface area contributed by atoms with Crippen molar-refractivity contribution in [2.45, 2.75) is 12.8 Å². The highest BCUT2D eigenvalue weighted by molar-refractivity contribution is 6.34. The standard InChI is InChI=1S/C9H7ClN2O3/c10-7-4-6(12(14)15)3-5-1-2-8(13)11-9(5)7/h3-4H,1-2H2,(H,11,13). The first-order chi connectivity index (χ1) is 7.08. The minimum atomic E-state index is -0.497. The van der Waals surface area contributed by atoms with E-state index in [4.69, 9.17) is 11.6 Å². The van der Waals surface area contributed by atoms with Crippen molar-refractivity contribution in [2.75, 3.05) is 5.32 Å². The summed E-state index contributed by atoms with van der Waals surface area (Å²) in [6.45, 7) is 0. The van der Waals surface area contributed by atoms with Crippen LogP contribution in [-0.2, 0) is 11.2 Å². The van der Waals surface area contributed by atoms with Gasteiger partial charge < -0.3 is 5.32 Å². The molecule has 0 aliphatic carbocycles. The first-order valence-electron chi connectivity index (χ1n) is 4.34. The Hall–Kier alpha value is -1.62. The van der Waals surface area contributed by atoms with Crippen LogP contribution in [0.1, 0.15) is 12.0 Å². The van der Waals surface area contributed by atoms with E-state index in [0.717, 1.165) is 0 Å². The van der Waals surface area contributed by atoms with Gasteiger partial charge in [0.15, 0.2) is 0 Å². The largest absolute Gasteiger partial charge is 0.325 e. The van der Waals surface area contributed by atoms with E-state index >= 15 is 0 Å². The maximum Gasteiger partial charge on any atom is 0.271 e. The van der Waals surface area contributed by atoms with Gasteiger partial charge in [-0.15, -0.1) is 0 Å². The summed E-state index contributed by atoms with van der Waals surface area (Å²) in [5.74, 6) is -0.113. The van der Waals surface area contributed by atoms with Gasteiger partial charge in [-0.05, 0) is 12.0 Å². The normalized spacial score (nSPS) is 14.3. The second-order valence-electron chi connectivity index (χ2n) is 3.27. The molecule has 0 unspecified atom stereocenters. The van der Waals surface area contributed by atoms with E-state index in [-0.39, 0.29) is 16.6 Å². The molecule has 1 aromatic carbocycles. The van der Waals surface area contributed by atoms with Crippen molar-refractivity contribution in [3.63, 3.8) is 0 Å². The van der Waals surface area contributed by atoms with Crippen LogP contribution in [-0.4, -0.2) is 10.8 Å². The zero-order valence-corrected chi connectivity index (χ0v) is 8.37. The molecule has 0 saturated heterocycles. The third kappa shape index (κ3) is 1.78. The Bertz CT molecular complexity index is 459. The third-order valence-electron chi connectivity index (χ3n) is 2.25. The highest BCUT2D eigenvalue weighted by atomic mass is 35.5. The zero-order chi connectivity index (χ0) is 11.0. The lowest BCUT2D eigenvalue weighted by Gasteiger charge is -2.17. The van der Waals surface area contributed by atoms with Crippen molar-refractivity contribution in [1.29, 1.82) is 0 Å². The number of carbonyl (C=O) groups is 1. The average Bonchev–Trinajstić information content (AvgIpc) is 2.18. The van der Waals surface area contributed by atoms with E-state index in [1.54, 1.807) is 0 Å². The van der Waals surface area contributed by atoms with Crippen LogP contribution in [0.3, 0.4) is 0 Å². The summed E-state index contributed by atoms with van der Waals surface area (Å²) in [4.78, 5) is 21.2. The minimum absolute atomic E-state index is 0.0464. The molecule has 1 aromatic rings. The highest BCUT2D eigenvalue weighted by Gasteiger charge is 2.21. The van der Waals surface area contributed by atoms with Gasteiger partial charge in [0.2, 0.25) is 5.91 Å². The fourth-order valence-corrected chi connectivity index (χ4v) is 1.82. The Balaban J connectivity index is 2.52. The van der Waals surface area contributed by atoms with Gasteiger partial charge in [-0.25, -0.2) is 0 Å². The molecule has 1 heterocycles. The van der Waals surface area contributed by atoms with Crippen LogP contribution in [0.5, 0.6) is 0 Å². The molecule has 6 heteroatoms. The molecule has 0 bridgehead atoms. The smallest absolute Gasteiger partial charge is 0.271 e. The number of non-ortho nitro benzene ring substituents is 1. The molecule has 0 aromatic heterocycles. The van der Waals surface area contributed by atoms with Gasteiger partial charge in [-0.1, -0.05) is 11.6 Å². The zero-order valence-electron chi connectivity index (χ0n) is 7.62. The van der Waals surface area contributed by atoms with E-state index in [9.17, 15) is 14.9 Å². The molecule has 0 atom stereocenters. The van der Waals surface area contributed by atoms with Gasteiger partial charge in [-0.2, -0.15) is 0 Å². The van der Waals surface area contributed by atoms with Crippen LogP contribution in [0.2, 0.25) is 5.02 Å². The summed E-state index contributed by atoms with van der Waals surface area (Å²) >= 11 is 5.84. The van der Waals surface area contributed by atoms with Crippen molar-refractivity contribution in [2.24, 2.45) is 0 Å². The lowest BCUT2D eigenvalue weighted by Crippen LogP contribution is -2.19. The fourth-order valence-electron chi connectivity index (χ4n) is 1.54. The number of fused-ring (bicyclic) bond motifs is 1. The number of halogens is 1. The number of hydrogen-bond acceptors (Lipinski definition) is 3. The number of amides is 1. The third-order valence-corrected chi connectivity index (χ3v) is 2.55. The number of nitro benzene ring substituents is 1. The van der Waals surface area contributed by atoms with Gasteiger partial charge in [0.25, 0.3) is 5.69 Å². The first-order valence-corrected chi connectivity index (χ1v) is 4.72. The molecule has 0 saturated carbocycles. The number of nitrogens with zero attached hydrogens (tertiary/aromatic N) is 1. The van der Waals surface area contributed by atoms with Gasteiger partial charge in [0.05, 0.1) is 15.6 Å². The fraction of sp³-hybridized carbons (Fsp3) is 0.222. The van der Waals surface area contributed by atoms with Crippen molar-refractivity contribution in [3.05, 3.63) is 32.8 Å². The van der Waals surface area contributed by atoms with Gasteiger partial charge in [0.1, 0.15) is 0 Å². The van der Waals surface area contributed by atoms with E-state index in [1.165, 1.54) is 12.1 Å². The lowest BCUT2D eigenvalue weighted by molar-refractivity contribution is -0.384. The van der Waals surface area contributed by atoms with Crippen molar-refractivity contribution >= 4 is 28.9 Å². The Kier molecular flexibility index (Phi) is 2.32. The number of nitrogens with one attached hydrogen (secondary N) is 1. The van der Waals surface area contributed by atoms with Crippen molar-refractivity contribution in [3.8, 4) is 0 Å². The summed E-state index contributed by atoms with van der Waals surface area (Å²) < 4.78 is 0. The summed E-state index contributed by atoms with van der Waals surface area (Å²) in [6, 6.07) is 2.69. The molecular formula is C9H7ClN2O3. The van der Waals surface area contributed by atoms with Crippen LogP contribution in [0.15, 0.2) is 12.1 Å². The molecule has 1 amide bonds. The van der Waals surface area contributed by atoms with Crippen molar-refractivity contribution in [1.82, 2.24) is 0 Å². The molecular weight excluding hydrogens is 220 g/mol. The van der Waals surface area contributed by atoms with E-state index in [2.05, 4.69) is 5.32 Å². The van der Waals surface area contributed by atoms with Crippen LogP contribution < -0.4 is 5.32 Å². The number of benzene rings is 1. The molecule has 1 aliphatic heterocycles. The maximum atomic E-state index is 11.1. The lowest BCUT2D eigenvalue weighted by atomic mass is 10.0. The first kappa shape index (κ1) is 9.92.